The molecule has 0 aromatic carbocycles. The van der Waals surface area contributed by atoms with E-state index in [0.717, 1.165) is 57.8 Å². The van der Waals surface area contributed by atoms with Gasteiger partial charge in [-0.3, -0.25) is 9.59 Å². The second-order valence-electron chi connectivity index (χ2n) is 15.1. The van der Waals surface area contributed by atoms with Crippen LogP contribution in [-0.4, -0.2) is 46.9 Å². The smallest absolute Gasteiger partial charge is 0.306 e. The van der Waals surface area contributed by atoms with E-state index in [4.69, 9.17) is 4.74 Å². The first-order valence-electron chi connectivity index (χ1n) is 22.6. The van der Waals surface area contributed by atoms with Crippen LogP contribution in [-0.2, 0) is 14.3 Å². The number of unbranched alkanes of at least 4 members (excludes halogenated alkanes) is 21. The minimum Gasteiger partial charge on any atom is -0.458 e. The molecule has 0 rings (SSSR count). The third-order valence-electron chi connectivity index (χ3n) is 9.89. The van der Waals surface area contributed by atoms with Gasteiger partial charge >= 0.3 is 5.97 Å². The molecule has 312 valence electrons. The number of amides is 1. The Labute approximate surface area is 333 Å². The zero-order valence-electron chi connectivity index (χ0n) is 35.3. The highest BCUT2D eigenvalue weighted by Gasteiger charge is 2.23. The number of rotatable bonds is 39. The van der Waals surface area contributed by atoms with E-state index in [0.29, 0.717) is 19.3 Å². The van der Waals surface area contributed by atoms with Gasteiger partial charge in [0.05, 0.1) is 25.2 Å². The summed E-state index contributed by atoms with van der Waals surface area (Å²) in [6.45, 7) is 6.27. The van der Waals surface area contributed by atoms with Gasteiger partial charge in [0.2, 0.25) is 5.91 Å². The average Bonchev–Trinajstić information content (AvgIpc) is 3.16. The maximum absolute atomic E-state index is 13.1. The number of aliphatic hydroxyl groups is 2. The molecule has 3 N–H and O–H groups in total. The predicted molar refractivity (Wildman–Crippen MR) is 232 cm³/mol. The van der Waals surface area contributed by atoms with Crippen molar-refractivity contribution < 1.29 is 24.5 Å². The number of esters is 1. The molecule has 0 aliphatic carbocycles. The highest BCUT2D eigenvalue weighted by Crippen LogP contribution is 2.15. The lowest BCUT2D eigenvalue weighted by atomic mass is 10.0. The van der Waals surface area contributed by atoms with Crippen LogP contribution in [0.4, 0.5) is 0 Å². The number of ether oxygens (including phenoxy) is 1. The Morgan fingerprint density at radius 1 is 0.593 bits per heavy atom. The Hall–Kier alpha value is -2.44. The van der Waals surface area contributed by atoms with E-state index in [1.54, 1.807) is 0 Å². The number of hydrogen-bond donors (Lipinski definition) is 3. The van der Waals surface area contributed by atoms with Crippen molar-refractivity contribution >= 4 is 11.9 Å². The number of carbonyl (C=O) groups is 2. The van der Waals surface area contributed by atoms with Crippen LogP contribution >= 0.6 is 0 Å². The van der Waals surface area contributed by atoms with Crippen LogP contribution in [0.2, 0.25) is 0 Å². The summed E-state index contributed by atoms with van der Waals surface area (Å²) in [5, 5.41) is 23.5. The molecule has 6 heteroatoms. The summed E-state index contributed by atoms with van der Waals surface area (Å²) in [5.41, 5.74) is 0. The van der Waals surface area contributed by atoms with Crippen LogP contribution in [0.25, 0.3) is 0 Å². The van der Waals surface area contributed by atoms with Gasteiger partial charge in [0.25, 0.3) is 0 Å². The van der Waals surface area contributed by atoms with E-state index in [-0.39, 0.29) is 24.9 Å². The molecule has 54 heavy (non-hydrogen) atoms. The second-order valence-corrected chi connectivity index (χ2v) is 15.1. The minimum atomic E-state index is -0.811. The molecule has 0 saturated heterocycles. The highest BCUT2D eigenvalue weighted by molar-refractivity contribution is 5.78. The van der Waals surface area contributed by atoms with Crippen molar-refractivity contribution in [1.29, 1.82) is 0 Å². The van der Waals surface area contributed by atoms with Gasteiger partial charge in [0.1, 0.15) is 6.10 Å². The van der Waals surface area contributed by atoms with Gasteiger partial charge < -0.3 is 20.3 Å². The molecule has 0 heterocycles. The van der Waals surface area contributed by atoms with Gasteiger partial charge in [-0.2, -0.15) is 0 Å². The summed E-state index contributed by atoms with van der Waals surface area (Å²) in [4.78, 5) is 25.9. The predicted octanol–water partition coefficient (Wildman–Crippen LogP) is 12.9. The summed E-state index contributed by atoms with van der Waals surface area (Å²) in [7, 11) is 0. The normalized spacial score (nSPS) is 13.9. The molecule has 0 aromatic heterocycles. The molecule has 0 aromatic rings. The Balaban J connectivity index is 4.69. The van der Waals surface area contributed by atoms with Crippen molar-refractivity contribution in [2.45, 2.75) is 225 Å². The van der Waals surface area contributed by atoms with E-state index in [9.17, 15) is 19.8 Å². The lowest BCUT2D eigenvalue weighted by Crippen LogP contribution is -2.46. The molecule has 0 fully saturated rings. The molecule has 3 atom stereocenters. The van der Waals surface area contributed by atoms with Gasteiger partial charge in [-0.15, -0.1) is 0 Å². The van der Waals surface area contributed by atoms with Crippen molar-refractivity contribution in [3.8, 4) is 0 Å². The Kier molecular flexibility index (Phi) is 39.8. The zero-order chi connectivity index (χ0) is 39.6. The van der Waals surface area contributed by atoms with E-state index in [2.05, 4.69) is 74.7 Å². The number of aliphatic hydroxyl groups excluding tert-OH is 2. The first-order valence-corrected chi connectivity index (χ1v) is 22.6. The summed E-state index contributed by atoms with van der Waals surface area (Å²) in [6, 6.07) is -0.733. The van der Waals surface area contributed by atoms with E-state index >= 15 is 0 Å². The molecule has 0 saturated carbocycles. The molecule has 0 bridgehead atoms. The fourth-order valence-electron chi connectivity index (χ4n) is 6.45. The molecule has 3 unspecified atom stereocenters. The lowest BCUT2D eigenvalue weighted by molar-refractivity contribution is -0.148. The maximum atomic E-state index is 13.1. The molecular weight excluding hydrogens is 671 g/mol. The van der Waals surface area contributed by atoms with E-state index in [1.165, 1.54) is 103 Å². The molecular formula is C48H85NO5. The number of carbonyl (C=O) groups excluding carboxylic acids is 2. The zero-order valence-corrected chi connectivity index (χ0v) is 35.3. The average molecular weight is 756 g/mol. The lowest BCUT2D eigenvalue weighted by Gasteiger charge is -2.23. The van der Waals surface area contributed by atoms with Gasteiger partial charge in [-0.1, -0.05) is 197 Å². The largest absolute Gasteiger partial charge is 0.458 e. The SMILES string of the molecule is CC/C=C/C=C/C=C/CCCCCCCCCC(=O)OC(/C=C/C/C=C\CCCCCCCC)CC(=O)NC(CO)C(O)CCCCCCCCCCC. The third kappa shape index (κ3) is 36.5. The summed E-state index contributed by atoms with van der Waals surface area (Å²) < 4.78 is 5.79. The van der Waals surface area contributed by atoms with E-state index < -0.39 is 18.2 Å². The number of nitrogens with one attached hydrogen (secondary N) is 1. The molecule has 0 radical (unpaired) electrons. The number of hydrogen-bond acceptors (Lipinski definition) is 5. The third-order valence-corrected chi connectivity index (χ3v) is 9.89. The molecule has 6 nitrogen and oxygen atoms in total. The Morgan fingerprint density at radius 3 is 1.69 bits per heavy atom. The van der Waals surface area contributed by atoms with Crippen molar-refractivity contribution in [2.75, 3.05) is 6.61 Å². The first-order chi connectivity index (χ1) is 26.5. The van der Waals surface area contributed by atoms with Crippen molar-refractivity contribution in [1.82, 2.24) is 5.32 Å². The molecule has 1 amide bonds. The van der Waals surface area contributed by atoms with Crippen LogP contribution in [0.1, 0.15) is 207 Å². The van der Waals surface area contributed by atoms with Crippen molar-refractivity contribution in [3.05, 3.63) is 60.8 Å². The van der Waals surface area contributed by atoms with Crippen LogP contribution < -0.4 is 5.32 Å². The summed E-state index contributed by atoms with van der Waals surface area (Å²) in [6.07, 6.45) is 50.3. The Bertz CT molecular complexity index is 984. The maximum Gasteiger partial charge on any atom is 0.306 e. The summed E-state index contributed by atoms with van der Waals surface area (Å²) >= 11 is 0. The molecule has 0 aliphatic heterocycles. The minimum absolute atomic E-state index is 0.0354. The van der Waals surface area contributed by atoms with Crippen molar-refractivity contribution in [3.63, 3.8) is 0 Å². The van der Waals surface area contributed by atoms with E-state index in [1.807, 2.05) is 12.2 Å². The monoisotopic (exact) mass is 756 g/mol. The standard InChI is InChI=1S/C48H85NO5/c1-4-7-10-13-16-19-21-22-23-24-26-29-32-35-38-41-48(53)54-44(39-36-33-30-28-25-20-17-14-11-8-5-2)42-47(52)49-45(43-50)46(51)40-37-34-31-27-18-15-12-9-6-3/h7,10,13,16,19,21,28,30,36,39,44-46,50-51H,4-6,8-9,11-12,14-15,17-18,20,22-27,29,31-35,37-38,40-43H2,1-3H3,(H,49,52)/b10-7+,16-13+,21-19+,30-28-,39-36+. The molecule has 0 spiro atoms. The van der Waals surface area contributed by atoms with Crippen LogP contribution in [0.15, 0.2) is 60.8 Å². The van der Waals surface area contributed by atoms with Crippen LogP contribution in [0, 0.1) is 0 Å². The van der Waals surface area contributed by atoms with Gasteiger partial charge in [0, 0.05) is 6.42 Å². The topological polar surface area (TPSA) is 95.9 Å². The first kappa shape index (κ1) is 51.6. The fraction of sp³-hybridized carbons (Fsp3) is 0.750. The second kappa shape index (κ2) is 41.7. The quantitative estimate of drug-likeness (QED) is 0.0251. The van der Waals surface area contributed by atoms with Gasteiger partial charge in [0.15, 0.2) is 0 Å². The number of allylic oxidation sites excluding steroid dienone is 9. The fourth-order valence-corrected chi connectivity index (χ4v) is 6.45. The van der Waals surface area contributed by atoms with Crippen molar-refractivity contribution in [2.24, 2.45) is 0 Å². The van der Waals surface area contributed by atoms with Crippen LogP contribution in [0.5, 0.6) is 0 Å². The Morgan fingerprint density at radius 2 is 1.11 bits per heavy atom. The van der Waals surface area contributed by atoms with Gasteiger partial charge in [-0.25, -0.2) is 0 Å². The van der Waals surface area contributed by atoms with Crippen LogP contribution in [0.3, 0.4) is 0 Å². The summed E-state index contributed by atoms with van der Waals surface area (Å²) in [5.74, 6) is -0.622. The van der Waals surface area contributed by atoms with Gasteiger partial charge in [-0.05, 0) is 57.4 Å². The molecule has 0 aliphatic rings. The highest BCUT2D eigenvalue weighted by atomic mass is 16.5.